The third-order valence-electron chi connectivity index (χ3n) is 2.27. The maximum Gasteiger partial charge on any atom is 0.284 e. The number of hydrogen-bond donors (Lipinski definition) is 3. The molecular weight excluding hydrogens is 274 g/mol. The molecular formula is C12H10ClNO3S. The monoisotopic (exact) mass is 283 g/mol. The fraction of sp³-hybridized carbons (Fsp3) is 0.0833. The molecule has 0 aliphatic heterocycles. The van der Waals surface area contributed by atoms with E-state index in [1.165, 1.54) is 12.1 Å². The zero-order valence-electron chi connectivity index (χ0n) is 9.13. The lowest BCUT2D eigenvalue weighted by molar-refractivity contribution is -0.182. The molecule has 0 fully saturated rings. The lowest BCUT2D eigenvalue weighted by atomic mass is 10.2. The summed E-state index contributed by atoms with van der Waals surface area (Å²) in [5, 5.41) is 23.6. The van der Waals surface area contributed by atoms with Crippen LogP contribution in [0.2, 0.25) is 5.02 Å². The van der Waals surface area contributed by atoms with Gasteiger partial charge in [0.1, 0.15) is 0 Å². The molecule has 1 aromatic heterocycles. The highest BCUT2D eigenvalue weighted by Crippen LogP contribution is 2.22. The van der Waals surface area contributed by atoms with Crippen molar-refractivity contribution in [2.75, 3.05) is 0 Å². The van der Waals surface area contributed by atoms with E-state index in [9.17, 15) is 15.0 Å². The fourth-order valence-corrected chi connectivity index (χ4v) is 2.31. The van der Waals surface area contributed by atoms with Crippen LogP contribution in [0, 0.1) is 0 Å². The Hall–Kier alpha value is -1.40. The first-order valence-corrected chi connectivity index (χ1v) is 6.32. The van der Waals surface area contributed by atoms with Crippen LogP contribution in [-0.2, 0) is 5.91 Å². The molecule has 2 rings (SSSR count). The van der Waals surface area contributed by atoms with Gasteiger partial charge in [-0.25, -0.2) is 0 Å². The van der Waals surface area contributed by atoms with Gasteiger partial charge in [0.05, 0.1) is 15.5 Å². The Morgan fingerprint density at radius 1 is 1.22 bits per heavy atom. The van der Waals surface area contributed by atoms with E-state index in [0.29, 0.717) is 0 Å². The summed E-state index contributed by atoms with van der Waals surface area (Å²) >= 11 is 6.97. The van der Waals surface area contributed by atoms with Gasteiger partial charge in [0.15, 0.2) is 0 Å². The number of nitrogens with one attached hydrogen (secondary N) is 1. The van der Waals surface area contributed by atoms with E-state index < -0.39 is 11.8 Å². The average molecular weight is 284 g/mol. The third-order valence-corrected chi connectivity index (χ3v) is 3.57. The molecule has 18 heavy (non-hydrogen) atoms. The molecule has 4 nitrogen and oxygen atoms in total. The topological polar surface area (TPSA) is 69.6 Å². The van der Waals surface area contributed by atoms with Crippen LogP contribution in [0.1, 0.15) is 15.2 Å². The normalized spacial score (nSPS) is 11.3. The number of hydrogen-bond acceptors (Lipinski definition) is 4. The quantitative estimate of drug-likeness (QED) is 0.754. The molecule has 0 bridgehead atoms. The zero-order valence-corrected chi connectivity index (χ0v) is 10.7. The van der Waals surface area contributed by atoms with Crippen LogP contribution >= 0.6 is 22.9 Å². The Labute approximate surface area is 112 Å². The molecule has 94 valence electrons. The first-order chi connectivity index (χ1) is 8.50. The minimum atomic E-state index is -2.40. The van der Waals surface area contributed by atoms with E-state index in [1.54, 1.807) is 29.6 Å². The largest absolute Gasteiger partial charge is 0.344 e. The van der Waals surface area contributed by atoms with Gasteiger partial charge in [-0.1, -0.05) is 29.8 Å². The minimum Gasteiger partial charge on any atom is -0.344 e. The van der Waals surface area contributed by atoms with Gasteiger partial charge in [-0.2, -0.15) is 0 Å². The van der Waals surface area contributed by atoms with Gasteiger partial charge in [-0.15, -0.1) is 11.3 Å². The third kappa shape index (κ3) is 2.70. The van der Waals surface area contributed by atoms with Gasteiger partial charge < -0.3 is 10.2 Å². The summed E-state index contributed by atoms with van der Waals surface area (Å²) in [6, 6.07) is 9.55. The predicted molar refractivity (Wildman–Crippen MR) is 69.4 cm³/mol. The SMILES string of the molecule is O=C(NC(O)(O)c1cccs1)c1ccccc1Cl. The number of aliphatic hydroxyl groups is 2. The maximum absolute atomic E-state index is 11.9. The summed E-state index contributed by atoms with van der Waals surface area (Å²) in [7, 11) is 0. The molecule has 0 radical (unpaired) electrons. The van der Waals surface area contributed by atoms with Crippen molar-refractivity contribution in [1.82, 2.24) is 5.32 Å². The molecule has 0 aliphatic carbocycles. The van der Waals surface area contributed by atoms with Gasteiger partial charge in [-0.3, -0.25) is 10.1 Å². The summed E-state index contributed by atoms with van der Waals surface area (Å²) in [5.41, 5.74) is 0.184. The van der Waals surface area contributed by atoms with Crippen molar-refractivity contribution in [2.45, 2.75) is 5.91 Å². The Morgan fingerprint density at radius 2 is 1.94 bits per heavy atom. The molecule has 0 spiro atoms. The van der Waals surface area contributed by atoms with Crippen LogP contribution in [0.3, 0.4) is 0 Å². The summed E-state index contributed by atoms with van der Waals surface area (Å²) in [4.78, 5) is 12.1. The number of amides is 1. The molecule has 6 heteroatoms. The second kappa shape index (κ2) is 5.07. The molecule has 0 saturated heterocycles. The van der Waals surface area contributed by atoms with Crippen LogP contribution in [0.5, 0.6) is 0 Å². The number of carbonyl (C=O) groups excluding carboxylic acids is 1. The molecule has 1 amide bonds. The van der Waals surface area contributed by atoms with E-state index in [0.717, 1.165) is 11.3 Å². The van der Waals surface area contributed by atoms with Crippen molar-refractivity contribution in [2.24, 2.45) is 0 Å². The predicted octanol–water partition coefficient (Wildman–Crippen LogP) is 1.93. The van der Waals surface area contributed by atoms with E-state index in [2.05, 4.69) is 5.32 Å². The van der Waals surface area contributed by atoms with E-state index in [4.69, 9.17) is 11.6 Å². The summed E-state index contributed by atoms with van der Waals surface area (Å²) < 4.78 is 0. The van der Waals surface area contributed by atoms with Crippen LogP contribution in [0.25, 0.3) is 0 Å². The Morgan fingerprint density at radius 3 is 2.56 bits per heavy atom. The van der Waals surface area contributed by atoms with Gasteiger partial charge in [-0.05, 0) is 23.6 Å². The van der Waals surface area contributed by atoms with Gasteiger partial charge in [0, 0.05) is 0 Å². The smallest absolute Gasteiger partial charge is 0.284 e. The highest BCUT2D eigenvalue weighted by molar-refractivity contribution is 7.10. The van der Waals surface area contributed by atoms with E-state index in [-0.39, 0.29) is 15.5 Å². The number of thiophene rings is 1. The number of halogens is 1. The van der Waals surface area contributed by atoms with Crippen LogP contribution < -0.4 is 5.32 Å². The van der Waals surface area contributed by atoms with Crippen molar-refractivity contribution in [3.05, 3.63) is 57.2 Å². The number of carbonyl (C=O) groups is 1. The van der Waals surface area contributed by atoms with Crippen LogP contribution in [0.15, 0.2) is 41.8 Å². The second-order valence-corrected chi connectivity index (χ2v) is 4.94. The second-order valence-electron chi connectivity index (χ2n) is 3.58. The molecule has 2 aromatic rings. The van der Waals surface area contributed by atoms with Crippen molar-refractivity contribution < 1.29 is 15.0 Å². The highest BCUT2D eigenvalue weighted by atomic mass is 35.5. The Bertz CT molecular complexity index is 554. The summed E-state index contributed by atoms with van der Waals surface area (Å²) in [5.74, 6) is -3.05. The molecule has 0 atom stereocenters. The van der Waals surface area contributed by atoms with E-state index in [1.807, 2.05) is 0 Å². The first kappa shape index (κ1) is 13.0. The van der Waals surface area contributed by atoms with Crippen molar-refractivity contribution in [3.63, 3.8) is 0 Å². The van der Waals surface area contributed by atoms with E-state index >= 15 is 0 Å². The minimum absolute atomic E-state index is 0.184. The number of rotatable bonds is 3. The van der Waals surface area contributed by atoms with Crippen molar-refractivity contribution in [1.29, 1.82) is 0 Å². The lowest BCUT2D eigenvalue weighted by Gasteiger charge is -2.21. The molecule has 0 unspecified atom stereocenters. The first-order valence-electron chi connectivity index (χ1n) is 5.06. The zero-order chi connectivity index (χ0) is 13.2. The fourth-order valence-electron chi connectivity index (χ4n) is 1.41. The van der Waals surface area contributed by atoms with Crippen molar-refractivity contribution in [3.8, 4) is 0 Å². The van der Waals surface area contributed by atoms with Crippen LogP contribution in [-0.4, -0.2) is 16.1 Å². The Balaban J connectivity index is 2.20. The maximum atomic E-state index is 11.9. The molecule has 1 heterocycles. The van der Waals surface area contributed by atoms with Gasteiger partial charge >= 0.3 is 0 Å². The van der Waals surface area contributed by atoms with Gasteiger partial charge in [0.2, 0.25) is 0 Å². The average Bonchev–Trinajstić information content (AvgIpc) is 2.82. The summed E-state index contributed by atoms with van der Waals surface area (Å²) in [6.45, 7) is 0. The Kier molecular flexibility index (Phi) is 3.68. The van der Waals surface area contributed by atoms with Crippen molar-refractivity contribution >= 4 is 28.8 Å². The molecule has 0 saturated carbocycles. The lowest BCUT2D eigenvalue weighted by Crippen LogP contribution is -2.45. The number of benzene rings is 1. The van der Waals surface area contributed by atoms with Crippen LogP contribution in [0.4, 0.5) is 0 Å². The standard InChI is InChI=1S/C12H10ClNO3S/c13-9-5-2-1-4-8(9)11(15)14-12(16,17)10-6-3-7-18-10/h1-7,16-17H,(H,14,15). The molecule has 3 N–H and O–H groups in total. The summed E-state index contributed by atoms with van der Waals surface area (Å²) in [6.07, 6.45) is 0. The van der Waals surface area contributed by atoms with Gasteiger partial charge in [0.25, 0.3) is 11.8 Å². The molecule has 0 aliphatic rings. The molecule has 1 aromatic carbocycles. The highest BCUT2D eigenvalue weighted by Gasteiger charge is 2.30.